The normalized spacial score (nSPS) is 18.8. The summed E-state index contributed by atoms with van der Waals surface area (Å²) >= 11 is 0. The van der Waals surface area contributed by atoms with Gasteiger partial charge in [-0.2, -0.15) is 0 Å². The number of hydrogen-bond donors (Lipinski definition) is 1. The zero-order chi connectivity index (χ0) is 18.8. The van der Waals surface area contributed by atoms with Gasteiger partial charge in [0.15, 0.2) is 5.78 Å². The first-order valence-corrected chi connectivity index (χ1v) is 8.18. The standard InChI is InChI=1S/C19H20O7/c1-10-7-12-16(19(26-10)25-6-4-5-20)18(22)15-13(17(12)21)8-11(23-2)9-14(15)24-3/h7-9,19-20H,4-6H2,1-3H3. The van der Waals surface area contributed by atoms with Crippen LogP contribution < -0.4 is 9.47 Å². The molecule has 1 unspecified atom stereocenters. The Morgan fingerprint density at radius 1 is 1.15 bits per heavy atom. The minimum absolute atomic E-state index is 0.0449. The van der Waals surface area contributed by atoms with Crippen LogP contribution in [0.1, 0.15) is 34.1 Å². The number of benzene rings is 1. The van der Waals surface area contributed by atoms with E-state index >= 15 is 0 Å². The number of Topliss-reactive ketones (excluding diaryl/α,β-unsaturated/α-hetero) is 2. The van der Waals surface area contributed by atoms with Gasteiger partial charge in [0.1, 0.15) is 11.5 Å². The van der Waals surface area contributed by atoms with Crippen molar-refractivity contribution in [1.29, 1.82) is 0 Å². The van der Waals surface area contributed by atoms with E-state index in [0.717, 1.165) is 0 Å². The van der Waals surface area contributed by atoms with Gasteiger partial charge in [-0.1, -0.05) is 0 Å². The lowest BCUT2D eigenvalue weighted by atomic mass is 9.82. The number of hydrogen-bond acceptors (Lipinski definition) is 7. The second-order valence-corrected chi connectivity index (χ2v) is 5.89. The van der Waals surface area contributed by atoms with Gasteiger partial charge < -0.3 is 24.1 Å². The van der Waals surface area contributed by atoms with Crippen molar-refractivity contribution in [2.24, 2.45) is 0 Å². The lowest BCUT2D eigenvalue weighted by Crippen LogP contribution is -2.34. The summed E-state index contributed by atoms with van der Waals surface area (Å²) in [5.41, 5.74) is 0.791. The average Bonchev–Trinajstić information content (AvgIpc) is 2.64. The maximum atomic E-state index is 13.2. The monoisotopic (exact) mass is 360 g/mol. The molecule has 0 fully saturated rings. The van der Waals surface area contributed by atoms with Gasteiger partial charge in [-0.25, -0.2) is 0 Å². The third-order valence-corrected chi connectivity index (χ3v) is 4.23. The molecule has 1 aliphatic heterocycles. The fraction of sp³-hybridized carbons (Fsp3) is 0.368. The van der Waals surface area contributed by atoms with E-state index in [1.807, 2.05) is 0 Å². The molecule has 7 nitrogen and oxygen atoms in total. The van der Waals surface area contributed by atoms with Crippen molar-refractivity contribution >= 4 is 11.6 Å². The van der Waals surface area contributed by atoms with Crippen LogP contribution in [0.5, 0.6) is 11.5 Å². The molecular formula is C19H20O7. The molecule has 3 rings (SSSR count). The summed E-state index contributed by atoms with van der Waals surface area (Å²) in [5.74, 6) is 0.452. The maximum Gasteiger partial charge on any atom is 0.230 e. The van der Waals surface area contributed by atoms with E-state index in [1.54, 1.807) is 13.0 Å². The minimum Gasteiger partial charge on any atom is -0.497 e. The molecule has 7 heteroatoms. The average molecular weight is 360 g/mol. The number of aliphatic hydroxyl groups excluding tert-OH is 1. The largest absolute Gasteiger partial charge is 0.497 e. The topological polar surface area (TPSA) is 91.3 Å². The molecule has 0 saturated heterocycles. The van der Waals surface area contributed by atoms with Gasteiger partial charge >= 0.3 is 0 Å². The van der Waals surface area contributed by atoms with Gasteiger partial charge in [0, 0.05) is 23.8 Å². The third kappa shape index (κ3) is 3.00. The SMILES string of the molecule is COc1cc(OC)c2c(c1)C(=O)C1=C(C2=O)C(OCCCO)OC(C)=C1. The van der Waals surface area contributed by atoms with Crippen LogP contribution in [-0.2, 0) is 9.47 Å². The van der Waals surface area contributed by atoms with E-state index in [4.69, 9.17) is 24.1 Å². The highest BCUT2D eigenvalue weighted by atomic mass is 16.7. The molecule has 0 spiro atoms. The summed E-state index contributed by atoms with van der Waals surface area (Å²) in [6, 6.07) is 3.09. The van der Waals surface area contributed by atoms with Crippen LogP contribution in [0.15, 0.2) is 35.1 Å². The van der Waals surface area contributed by atoms with Crippen molar-refractivity contribution in [3.05, 3.63) is 46.2 Å². The number of carbonyl (C=O) groups excluding carboxylic acids is 2. The smallest absolute Gasteiger partial charge is 0.230 e. The van der Waals surface area contributed by atoms with Gasteiger partial charge in [0.2, 0.25) is 12.1 Å². The Hall–Kier alpha value is -2.64. The predicted octanol–water partition coefficient (Wildman–Crippen LogP) is 2.04. The van der Waals surface area contributed by atoms with Crippen LogP contribution in [0.2, 0.25) is 0 Å². The van der Waals surface area contributed by atoms with Crippen molar-refractivity contribution < 1.29 is 33.6 Å². The molecule has 1 aromatic carbocycles. The van der Waals surface area contributed by atoms with Crippen LogP contribution >= 0.6 is 0 Å². The van der Waals surface area contributed by atoms with Gasteiger partial charge in [-0.05, 0) is 25.5 Å². The fourth-order valence-corrected chi connectivity index (χ4v) is 3.02. The van der Waals surface area contributed by atoms with Crippen molar-refractivity contribution in [3.8, 4) is 11.5 Å². The Labute approximate surface area is 150 Å². The summed E-state index contributed by atoms with van der Waals surface area (Å²) in [5, 5.41) is 8.93. The molecule has 2 aliphatic rings. The van der Waals surface area contributed by atoms with Crippen molar-refractivity contribution in [3.63, 3.8) is 0 Å². The third-order valence-electron chi connectivity index (χ3n) is 4.23. The number of carbonyl (C=O) groups is 2. The Bertz CT molecular complexity index is 819. The quantitative estimate of drug-likeness (QED) is 0.776. The first kappa shape index (κ1) is 18.2. The molecule has 1 atom stereocenters. The van der Waals surface area contributed by atoms with Gasteiger partial charge in [-0.3, -0.25) is 9.59 Å². The number of methoxy groups -OCH3 is 2. The zero-order valence-corrected chi connectivity index (χ0v) is 14.8. The van der Waals surface area contributed by atoms with Crippen molar-refractivity contribution in [2.45, 2.75) is 19.6 Å². The molecule has 138 valence electrons. The molecule has 0 aromatic heterocycles. The molecule has 0 saturated carbocycles. The second kappa shape index (κ2) is 7.31. The maximum absolute atomic E-state index is 13.2. The number of allylic oxidation sites excluding steroid dienone is 3. The van der Waals surface area contributed by atoms with E-state index in [1.165, 1.54) is 26.4 Å². The highest BCUT2D eigenvalue weighted by Crippen LogP contribution is 2.40. The fourth-order valence-electron chi connectivity index (χ4n) is 3.02. The van der Waals surface area contributed by atoms with E-state index in [9.17, 15) is 9.59 Å². The van der Waals surface area contributed by atoms with Gasteiger partial charge in [0.05, 0.1) is 37.7 Å². The number of rotatable bonds is 6. The molecule has 1 aliphatic carbocycles. The minimum atomic E-state index is -1.00. The summed E-state index contributed by atoms with van der Waals surface area (Å²) < 4.78 is 21.7. The Balaban J connectivity index is 2.11. The van der Waals surface area contributed by atoms with E-state index in [2.05, 4.69) is 0 Å². The highest BCUT2D eigenvalue weighted by molar-refractivity contribution is 6.29. The van der Waals surface area contributed by atoms with E-state index in [-0.39, 0.29) is 52.8 Å². The number of fused-ring (bicyclic) bond motifs is 1. The molecule has 1 heterocycles. The summed E-state index contributed by atoms with van der Waals surface area (Å²) in [4.78, 5) is 26.2. The van der Waals surface area contributed by atoms with Crippen molar-refractivity contribution in [2.75, 3.05) is 27.4 Å². The van der Waals surface area contributed by atoms with Crippen LogP contribution in [-0.4, -0.2) is 50.4 Å². The molecule has 1 aromatic rings. The first-order valence-electron chi connectivity index (χ1n) is 8.18. The highest BCUT2D eigenvalue weighted by Gasteiger charge is 2.41. The number of ether oxygens (including phenoxy) is 4. The predicted molar refractivity (Wildman–Crippen MR) is 91.5 cm³/mol. The first-order chi connectivity index (χ1) is 12.5. The summed E-state index contributed by atoms with van der Waals surface area (Å²) in [6.07, 6.45) is 0.929. The van der Waals surface area contributed by atoms with Crippen molar-refractivity contribution in [1.82, 2.24) is 0 Å². The number of ketones is 2. The molecule has 0 amide bonds. The molecule has 0 radical (unpaired) electrons. The van der Waals surface area contributed by atoms with Crippen LogP contribution in [0, 0.1) is 0 Å². The van der Waals surface area contributed by atoms with Crippen LogP contribution in [0.3, 0.4) is 0 Å². The Morgan fingerprint density at radius 2 is 1.92 bits per heavy atom. The number of aliphatic hydroxyl groups is 1. The Morgan fingerprint density at radius 3 is 2.58 bits per heavy atom. The summed E-state index contributed by atoms with van der Waals surface area (Å²) in [7, 11) is 2.90. The summed E-state index contributed by atoms with van der Waals surface area (Å²) in [6.45, 7) is 1.84. The molecule has 1 N–H and O–H groups in total. The zero-order valence-electron chi connectivity index (χ0n) is 14.8. The lowest BCUT2D eigenvalue weighted by Gasteiger charge is -2.30. The van der Waals surface area contributed by atoms with E-state index in [0.29, 0.717) is 17.9 Å². The van der Waals surface area contributed by atoms with Gasteiger partial charge in [-0.15, -0.1) is 0 Å². The van der Waals surface area contributed by atoms with Crippen LogP contribution in [0.4, 0.5) is 0 Å². The second-order valence-electron chi connectivity index (χ2n) is 5.89. The molecule has 26 heavy (non-hydrogen) atoms. The van der Waals surface area contributed by atoms with E-state index < -0.39 is 6.29 Å². The Kier molecular flexibility index (Phi) is 5.11. The van der Waals surface area contributed by atoms with Crippen LogP contribution in [0.25, 0.3) is 0 Å². The molecule has 0 bridgehead atoms. The molecular weight excluding hydrogens is 340 g/mol. The van der Waals surface area contributed by atoms with Gasteiger partial charge in [0.25, 0.3) is 0 Å². The lowest BCUT2D eigenvalue weighted by molar-refractivity contribution is -0.0937.